The number of methoxy groups -OCH3 is 1. The highest BCUT2D eigenvalue weighted by Crippen LogP contribution is 2.17. The van der Waals surface area contributed by atoms with Crippen LogP contribution in [0.1, 0.15) is 18.4 Å². The molecular formula is C14H20N2O3. The molecule has 1 heterocycles. The molecule has 0 spiro atoms. The first kappa shape index (κ1) is 13.7. The summed E-state index contributed by atoms with van der Waals surface area (Å²) in [7, 11) is 1.62. The molecule has 0 aromatic heterocycles. The highest BCUT2D eigenvalue weighted by atomic mass is 16.5. The summed E-state index contributed by atoms with van der Waals surface area (Å²) < 4.78 is 5.14. The summed E-state index contributed by atoms with van der Waals surface area (Å²) in [5.74, 6) is 0.779. The number of aliphatic hydroxyl groups excluding tert-OH is 1. The van der Waals surface area contributed by atoms with Gasteiger partial charge < -0.3 is 20.1 Å². The fourth-order valence-electron chi connectivity index (χ4n) is 2.35. The van der Waals surface area contributed by atoms with Crippen LogP contribution in [0.25, 0.3) is 0 Å². The number of benzene rings is 1. The van der Waals surface area contributed by atoms with Crippen LogP contribution in [0.2, 0.25) is 0 Å². The minimum Gasteiger partial charge on any atom is -0.497 e. The molecule has 0 radical (unpaired) electrons. The van der Waals surface area contributed by atoms with E-state index in [-0.39, 0.29) is 18.7 Å². The van der Waals surface area contributed by atoms with Gasteiger partial charge in [0.1, 0.15) is 5.75 Å². The fourth-order valence-corrected chi connectivity index (χ4v) is 2.35. The molecule has 19 heavy (non-hydrogen) atoms. The number of nitrogens with zero attached hydrogens (tertiary/aromatic N) is 1. The van der Waals surface area contributed by atoms with Crippen LogP contribution in [-0.2, 0) is 6.54 Å². The third-order valence-electron chi connectivity index (χ3n) is 3.43. The van der Waals surface area contributed by atoms with Gasteiger partial charge in [0.15, 0.2) is 0 Å². The lowest BCUT2D eigenvalue weighted by Gasteiger charge is -2.23. The molecule has 1 aromatic rings. The summed E-state index contributed by atoms with van der Waals surface area (Å²) in [6, 6.07) is 7.45. The van der Waals surface area contributed by atoms with E-state index in [9.17, 15) is 9.90 Å². The summed E-state index contributed by atoms with van der Waals surface area (Å²) in [6.07, 6.45) is 1.83. The molecule has 1 saturated heterocycles. The van der Waals surface area contributed by atoms with Crippen molar-refractivity contribution in [1.82, 2.24) is 10.2 Å². The van der Waals surface area contributed by atoms with Crippen molar-refractivity contribution < 1.29 is 14.6 Å². The number of amides is 2. The van der Waals surface area contributed by atoms with Gasteiger partial charge in [0.05, 0.1) is 19.8 Å². The number of nitrogens with one attached hydrogen (secondary N) is 1. The van der Waals surface area contributed by atoms with Gasteiger partial charge in [-0.05, 0) is 30.5 Å². The van der Waals surface area contributed by atoms with E-state index in [1.165, 1.54) is 0 Å². The summed E-state index contributed by atoms with van der Waals surface area (Å²) >= 11 is 0. The highest BCUT2D eigenvalue weighted by molar-refractivity contribution is 5.74. The number of carbonyl (C=O) groups is 1. The Morgan fingerprint density at radius 2 is 2.42 bits per heavy atom. The molecule has 2 rings (SSSR count). The van der Waals surface area contributed by atoms with E-state index in [4.69, 9.17) is 4.74 Å². The lowest BCUT2D eigenvalue weighted by Crippen LogP contribution is -2.43. The molecular weight excluding hydrogens is 244 g/mol. The second kappa shape index (κ2) is 6.43. The van der Waals surface area contributed by atoms with Crippen molar-refractivity contribution in [1.29, 1.82) is 0 Å². The quantitative estimate of drug-likeness (QED) is 0.863. The molecule has 0 bridgehead atoms. The predicted molar refractivity (Wildman–Crippen MR) is 72.0 cm³/mol. The molecule has 5 nitrogen and oxygen atoms in total. The zero-order valence-corrected chi connectivity index (χ0v) is 11.1. The van der Waals surface area contributed by atoms with Crippen LogP contribution < -0.4 is 10.1 Å². The van der Waals surface area contributed by atoms with Gasteiger partial charge in [0.25, 0.3) is 0 Å². The fraction of sp³-hybridized carbons (Fsp3) is 0.500. The largest absolute Gasteiger partial charge is 0.497 e. The van der Waals surface area contributed by atoms with Crippen LogP contribution in [0.5, 0.6) is 5.75 Å². The average Bonchev–Trinajstić information content (AvgIpc) is 2.93. The van der Waals surface area contributed by atoms with E-state index >= 15 is 0 Å². The van der Waals surface area contributed by atoms with Gasteiger partial charge in [-0.1, -0.05) is 12.1 Å². The lowest BCUT2D eigenvalue weighted by molar-refractivity contribution is 0.157. The van der Waals surface area contributed by atoms with Crippen molar-refractivity contribution in [2.45, 2.75) is 25.4 Å². The van der Waals surface area contributed by atoms with E-state index in [1.807, 2.05) is 24.3 Å². The van der Waals surface area contributed by atoms with Gasteiger partial charge in [-0.2, -0.15) is 0 Å². The topological polar surface area (TPSA) is 61.8 Å². The number of urea groups is 1. The Hall–Kier alpha value is -1.75. The number of aliphatic hydroxyl groups is 1. The minimum absolute atomic E-state index is 0.0343. The number of ether oxygens (including phenoxy) is 1. The maximum Gasteiger partial charge on any atom is 0.317 e. The van der Waals surface area contributed by atoms with Crippen molar-refractivity contribution in [3.8, 4) is 5.75 Å². The molecule has 104 valence electrons. The maximum absolute atomic E-state index is 12.0. The van der Waals surface area contributed by atoms with E-state index in [0.29, 0.717) is 6.54 Å². The van der Waals surface area contributed by atoms with Gasteiger partial charge in [0, 0.05) is 13.1 Å². The number of hydrogen-bond donors (Lipinski definition) is 2. The Balaban J connectivity index is 1.89. The molecule has 1 aromatic carbocycles. The Morgan fingerprint density at radius 3 is 3.16 bits per heavy atom. The summed E-state index contributed by atoms with van der Waals surface area (Å²) in [5, 5.41) is 12.1. The molecule has 0 saturated carbocycles. The Labute approximate surface area is 113 Å². The third kappa shape index (κ3) is 3.38. The Morgan fingerprint density at radius 1 is 1.58 bits per heavy atom. The lowest BCUT2D eigenvalue weighted by atomic mass is 10.2. The van der Waals surface area contributed by atoms with Crippen LogP contribution in [0.4, 0.5) is 4.79 Å². The number of likely N-dealkylation sites (tertiary alicyclic amines) is 1. The normalized spacial score (nSPS) is 18.4. The second-order valence-corrected chi connectivity index (χ2v) is 4.68. The minimum atomic E-state index is -0.112. The van der Waals surface area contributed by atoms with E-state index in [1.54, 1.807) is 12.0 Å². The smallest absolute Gasteiger partial charge is 0.317 e. The molecule has 1 atom stereocenters. The summed E-state index contributed by atoms with van der Waals surface area (Å²) in [6.45, 7) is 1.21. The van der Waals surface area contributed by atoms with Crippen LogP contribution in [-0.4, -0.2) is 42.3 Å². The first-order valence-electron chi connectivity index (χ1n) is 6.53. The Bertz CT molecular complexity index is 436. The molecule has 5 heteroatoms. The van der Waals surface area contributed by atoms with Crippen molar-refractivity contribution in [2.24, 2.45) is 0 Å². The number of hydrogen-bond acceptors (Lipinski definition) is 3. The average molecular weight is 264 g/mol. The molecule has 0 aliphatic carbocycles. The van der Waals surface area contributed by atoms with Crippen molar-refractivity contribution >= 4 is 6.03 Å². The van der Waals surface area contributed by atoms with Gasteiger partial charge in [0.2, 0.25) is 0 Å². The number of carbonyl (C=O) groups excluding carboxylic acids is 1. The standard InChI is InChI=1S/C14H20N2O3/c1-19-13-6-2-4-11(8-13)9-15-14(18)16-7-3-5-12(16)10-17/h2,4,6,8,12,17H,3,5,7,9-10H2,1H3,(H,15,18)/t12-/m1/s1. The van der Waals surface area contributed by atoms with E-state index in [0.717, 1.165) is 30.7 Å². The predicted octanol–water partition coefficient (Wildman–Crippen LogP) is 1.36. The van der Waals surface area contributed by atoms with Crippen LogP contribution in [0.3, 0.4) is 0 Å². The van der Waals surface area contributed by atoms with Crippen LogP contribution in [0.15, 0.2) is 24.3 Å². The van der Waals surface area contributed by atoms with Gasteiger partial charge in [-0.3, -0.25) is 0 Å². The maximum atomic E-state index is 12.0. The molecule has 1 aliphatic rings. The molecule has 1 aliphatic heterocycles. The summed E-state index contributed by atoms with van der Waals surface area (Å²) in [4.78, 5) is 13.7. The zero-order valence-electron chi connectivity index (χ0n) is 11.1. The molecule has 2 N–H and O–H groups in total. The van der Waals surface area contributed by atoms with Gasteiger partial charge in [-0.15, -0.1) is 0 Å². The third-order valence-corrected chi connectivity index (χ3v) is 3.43. The van der Waals surface area contributed by atoms with Crippen molar-refractivity contribution in [2.75, 3.05) is 20.3 Å². The Kier molecular flexibility index (Phi) is 4.63. The zero-order chi connectivity index (χ0) is 13.7. The first-order valence-corrected chi connectivity index (χ1v) is 6.53. The monoisotopic (exact) mass is 264 g/mol. The van der Waals surface area contributed by atoms with Crippen LogP contribution >= 0.6 is 0 Å². The number of rotatable bonds is 4. The van der Waals surface area contributed by atoms with Gasteiger partial charge in [-0.25, -0.2) is 4.79 Å². The SMILES string of the molecule is COc1cccc(CNC(=O)N2CCC[C@@H]2CO)c1. The highest BCUT2D eigenvalue weighted by Gasteiger charge is 2.27. The van der Waals surface area contributed by atoms with E-state index in [2.05, 4.69) is 5.32 Å². The van der Waals surface area contributed by atoms with Gasteiger partial charge >= 0.3 is 6.03 Å². The van der Waals surface area contributed by atoms with Crippen LogP contribution in [0, 0.1) is 0 Å². The first-order chi connectivity index (χ1) is 9.24. The van der Waals surface area contributed by atoms with Crippen molar-refractivity contribution in [3.05, 3.63) is 29.8 Å². The molecule has 1 fully saturated rings. The molecule has 0 unspecified atom stereocenters. The second-order valence-electron chi connectivity index (χ2n) is 4.68. The summed E-state index contributed by atoms with van der Waals surface area (Å²) in [5.41, 5.74) is 0.993. The van der Waals surface area contributed by atoms with Crippen molar-refractivity contribution in [3.63, 3.8) is 0 Å². The molecule has 2 amide bonds. The van der Waals surface area contributed by atoms with E-state index < -0.39 is 0 Å².